The molecule has 1 aromatic rings. The zero-order valence-electron chi connectivity index (χ0n) is 10.5. The van der Waals surface area contributed by atoms with Crippen LogP contribution in [0.1, 0.15) is 18.9 Å². The number of ether oxygens (including phenoxy) is 1. The van der Waals surface area contributed by atoms with Gasteiger partial charge in [0.2, 0.25) is 0 Å². The minimum absolute atomic E-state index is 0.155. The average molecular weight is 240 g/mol. The quantitative estimate of drug-likeness (QED) is 0.794. The second-order valence-electron chi connectivity index (χ2n) is 4.53. The Balaban J connectivity index is 2.53. The second-order valence-corrected chi connectivity index (χ2v) is 4.53. The highest BCUT2D eigenvalue weighted by Gasteiger charge is 2.16. The minimum atomic E-state index is -0.221. The van der Waals surface area contributed by atoms with Crippen LogP contribution in [0.4, 0.5) is 4.39 Å². The van der Waals surface area contributed by atoms with Crippen molar-refractivity contribution in [1.82, 2.24) is 0 Å². The molecule has 17 heavy (non-hydrogen) atoms. The van der Waals surface area contributed by atoms with Crippen molar-refractivity contribution in [3.05, 3.63) is 35.6 Å². The smallest absolute Gasteiger partial charge is 0.123 e. The Morgan fingerprint density at radius 2 is 1.94 bits per heavy atom. The number of aliphatic hydroxyl groups is 1. The van der Waals surface area contributed by atoms with Crippen LogP contribution in [0.25, 0.3) is 0 Å². The average Bonchev–Trinajstić information content (AvgIpc) is 2.35. The summed E-state index contributed by atoms with van der Waals surface area (Å²) in [6.07, 6.45) is 1.71. The first-order chi connectivity index (χ1) is 8.17. The number of benzene rings is 1. The van der Waals surface area contributed by atoms with Gasteiger partial charge < -0.3 is 9.84 Å². The lowest BCUT2D eigenvalue weighted by Crippen LogP contribution is -2.20. The van der Waals surface area contributed by atoms with E-state index in [1.807, 2.05) is 0 Å². The van der Waals surface area contributed by atoms with E-state index in [9.17, 15) is 9.50 Å². The molecule has 0 aliphatic carbocycles. The minimum Gasteiger partial charge on any atom is -0.396 e. The number of halogens is 1. The van der Waals surface area contributed by atoms with Crippen molar-refractivity contribution in [2.45, 2.75) is 19.8 Å². The summed E-state index contributed by atoms with van der Waals surface area (Å²) in [7, 11) is 1.68. The summed E-state index contributed by atoms with van der Waals surface area (Å²) in [5.41, 5.74) is 1.06. The molecule has 1 aromatic carbocycles. The van der Waals surface area contributed by atoms with E-state index in [1.165, 1.54) is 12.1 Å². The molecule has 0 bridgehead atoms. The highest BCUT2D eigenvalue weighted by molar-refractivity contribution is 5.16. The summed E-state index contributed by atoms with van der Waals surface area (Å²) >= 11 is 0. The van der Waals surface area contributed by atoms with Crippen LogP contribution in [0.15, 0.2) is 24.3 Å². The van der Waals surface area contributed by atoms with Crippen LogP contribution in [-0.4, -0.2) is 25.4 Å². The third-order valence-electron chi connectivity index (χ3n) is 3.23. The molecule has 96 valence electrons. The van der Waals surface area contributed by atoms with E-state index in [1.54, 1.807) is 19.2 Å². The van der Waals surface area contributed by atoms with Crippen molar-refractivity contribution in [2.75, 3.05) is 20.3 Å². The fourth-order valence-electron chi connectivity index (χ4n) is 1.91. The molecule has 0 aliphatic rings. The summed E-state index contributed by atoms with van der Waals surface area (Å²) < 4.78 is 17.8. The predicted octanol–water partition coefficient (Wildman–Crippen LogP) is 2.65. The van der Waals surface area contributed by atoms with Crippen LogP contribution in [-0.2, 0) is 11.2 Å². The largest absolute Gasteiger partial charge is 0.396 e. The molecule has 0 radical (unpaired) electrons. The fourth-order valence-corrected chi connectivity index (χ4v) is 1.91. The first-order valence-electron chi connectivity index (χ1n) is 6.01. The van der Waals surface area contributed by atoms with Gasteiger partial charge in [-0.1, -0.05) is 19.1 Å². The van der Waals surface area contributed by atoms with Gasteiger partial charge in [-0.2, -0.15) is 0 Å². The molecule has 0 amide bonds. The number of hydrogen-bond donors (Lipinski definition) is 1. The first-order valence-corrected chi connectivity index (χ1v) is 6.01. The molecule has 0 aromatic heterocycles. The Labute approximate surface area is 102 Å². The van der Waals surface area contributed by atoms with E-state index in [4.69, 9.17) is 4.74 Å². The topological polar surface area (TPSA) is 29.5 Å². The van der Waals surface area contributed by atoms with Gasteiger partial charge in [0, 0.05) is 20.3 Å². The van der Waals surface area contributed by atoms with Crippen molar-refractivity contribution in [3.63, 3.8) is 0 Å². The third kappa shape index (κ3) is 4.84. The molecular formula is C14H21FO2. The lowest BCUT2D eigenvalue weighted by atomic mass is 9.87. The highest BCUT2D eigenvalue weighted by Crippen LogP contribution is 2.20. The first kappa shape index (κ1) is 14.1. The van der Waals surface area contributed by atoms with Gasteiger partial charge >= 0.3 is 0 Å². The zero-order chi connectivity index (χ0) is 12.7. The lowest BCUT2D eigenvalue weighted by Gasteiger charge is -2.21. The molecule has 1 rings (SSSR count). The van der Waals surface area contributed by atoms with Gasteiger partial charge in [0.25, 0.3) is 0 Å². The van der Waals surface area contributed by atoms with Crippen molar-refractivity contribution in [1.29, 1.82) is 0 Å². The maximum atomic E-state index is 12.8. The molecule has 1 N–H and O–H groups in total. The predicted molar refractivity (Wildman–Crippen MR) is 66.3 cm³/mol. The molecule has 2 nitrogen and oxygen atoms in total. The molecule has 0 fully saturated rings. The Morgan fingerprint density at radius 3 is 2.47 bits per heavy atom. The molecule has 0 aliphatic heterocycles. The fraction of sp³-hybridized carbons (Fsp3) is 0.571. The molecule has 2 unspecified atom stereocenters. The lowest BCUT2D eigenvalue weighted by molar-refractivity contribution is 0.134. The Kier molecular flexibility index (Phi) is 6.16. The van der Waals surface area contributed by atoms with Gasteiger partial charge in [-0.3, -0.25) is 0 Å². The van der Waals surface area contributed by atoms with Crippen LogP contribution in [0, 0.1) is 17.7 Å². The van der Waals surface area contributed by atoms with E-state index < -0.39 is 0 Å². The van der Waals surface area contributed by atoms with Gasteiger partial charge in [-0.15, -0.1) is 0 Å². The second kappa shape index (κ2) is 7.41. The maximum absolute atomic E-state index is 12.8. The molecule has 0 saturated carbocycles. The third-order valence-corrected chi connectivity index (χ3v) is 3.23. The van der Waals surface area contributed by atoms with Gasteiger partial charge in [-0.25, -0.2) is 4.39 Å². The Morgan fingerprint density at radius 1 is 1.29 bits per heavy atom. The molecule has 0 saturated heterocycles. The van der Waals surface area contributed by atoms with Crippen molar-refractivity contribution in [3.8, 4) is 0 Å². The van der Waals surface area contributed by atoms with Crippen molar-refractivity contribution < 1.29 is 14.2 Å². The highest BCUT2D eigenvalue weighted by atomic mass is 19.1. The Hall–Kier alpha value is -0.930. The van der Waals surface area contributed by atoms with Crippen molar-refractivity contribution >= 4 is 0 Å². The van der Waals surface area contributed by atoms with Crippen molar-refractivity contribution in [2.24, 2.45) is 11.8 Å². The van der Waals surface area contributed by atoms with Gasteiger partial charge in [0.1, 0.15) is 5.82 Å². The SMILES string of the molecule is COCCC(C)C(CO)Cc1ccc(F)cc1. The monoisotopic (exact) mass is 240 g/mol. The zero-order valence-corrected chi connectivity index (χ0v) is 10.5. The normalized spacial score (nSPS) is 14.6. The maximum Gasteiger partial charge on any atom is 0.123 e. The van der Waals surface area contributed by atoms with Crippen LogP contribution in [0.2, 0.25) is 0 Å². The molecule has 0 heterocycles. The molecule has 0 spiro atoms. The standard InChI is InChI=1S/C14H21FO2/c1-11(7-8-17-2)13(10-16)9-12-3-5-14(15)6-4-12/h3-6,11,13,16H,7-10H2,1-2H3. The summed E-state index contributed by atoms with van der Waals surface area (Å²) in [5, 5.41) is 9.40. The number of rotatable bonds is 7. The van der Waals surface area contributed by atoms with E-state index in [0.29, 0.717) is 12.5 Å². The van der Waals surface area contributed by atoms with Crippen LogP contribution in [0.5, 0.6) is 0 Å². The molecule has 2 atom stereocenters. The van der Waals surface area contributed by atoms with Gasteiger partial charge in [-0.05, 0) is 42.4 Å². The summed E-state index contributed by atoms with van der Waals surface area (Å²) in [6, 6.07) is 6.48. The van der Waals surface area contributed by atoms with E-state index in [0.717, 1.165) is 18.4 Å². The molecular weight excluding hydrogens is 219 g/mol. The molecule has 3 heteroatoms. The Bertz CT molecular complexity index is 311. The van der Waals surface area contributed by atoms with E-state index >= 15 is 0 Å². The van der Waals surface area contributed by atoms with Gasteiger partial charge in [0.15, 0.2) is 0 Å². The van der Waals surface area contributed by atoms with Crippen LogP contribution in [0.3, 0.4) is 0 Å². The van der Waals surface area contributed by atoms with E-state index in [2.05, 4.69) is 6.92 Å². The number of hydrogen-bond acceptors (Lipinski definition) is 2. The summed E-state index contributed by atoms with van der Waals surface area (Å²) in [4.78, 5) is 0. The van der Waals surface area contributed by atoms with Crippen LogP contribution < -0.4 is 0 Å². The van der Waals surface area contributed by atoms with Crippen LogP contribution >= 0.6 is 0 Å². The number of methoxy groups -OCH3 is 1. The number of aliphatic hydroxyl groups excluding tert-OH is 1. The van der Waals surface area contributed by atoms with E-state index in [-0.39, 0.29) is 18.3 Å². The summed E-state index contributed by atoms with van der Waals surface area (Å²) in [5.74, 6) is 0.377. The summed E-state index contributed by atoms with van der Waals surface area (Å²) in [6.45, 7) is 2.98. The van der Waals surface area contributed by atoms with Gasteiger partial charge in [0.05, 0.1) is 0 Å².